The molecule has 24 heavy (non-hydrogen) atoms. The second-order valence-electron chi connectivity index (χ2n) is 6.05. The molecule has 2 aromatic rings. The molecule has 0 radical (unpaired) electrons. The van der Waals surface area contributed by atoms with E-state index in [1.807, 2.05) is 49.4 Å². The van der Waals surface area contributed by atoms with E-state index in [4.69, 9.17) is 0 Å². The van der Waals surface area contributed by atoms with Crippen molar-refractivity contribution in [1.82, 2.24) is 4.72 Å². The standard InChI is InChI=1S/C19H21N3OS/c1-12(2)22-24-14-8-9-18-15(10-14)16(19(23)21-18)11-20-17-7-5-4-6-13(17)3/h4-12,20,22H,1-3H3,(H,21,23)/b16-11-. The fraction of sp³-hybridized carbons (Fsp3) is 0.211. The van der Waals surface area contributed by atoms with E-state index in [0.29, 0.717) is 11.6 Å². The van der Waals surface area contributed by atoms with Gasteiger partial charge in [-0.2, -0.15) is 0 Å². The van der Waals surface area contributed by atoms with Crippen LogP contribution in [0, 0.1) is 6.92 Å². The van der Waals surface area contributed by atoms with Crippen LogP contribution in [-0.2, 0) is 4.79 Å². The Kier molecular flexibility index (Phi) is 4.92. The van der Waals surface area contributed by atoms with Gasteiger partial charge in [0.25, 0.3) is 5.91 Å². The molecule has 1 aliphatic heterocycles. The summed E-state index contributed by atoms with van der Waals surface area (Å²) in [7, 11) is 0. The van der Waals surface area contributed by atoms with Gasteiger partial charge >= 0.3 is 0 Å². The smallest absolute Gasteiger partial charge is 0.257 e. The van der Waals surface area contributed by atoms with Crippen LogP contribution in [0.15, 0.2) is 53.6 Å². The molecule has 5 heteroatoms. The molecule has 3 rings (SSSR count). The Morgan fingerprint density at radius 1 is 1.17 bits per heavy atom. The van der Waals surface area contributed by atoms with Gasteiger partial charge < -0.3 is 10.6 Å². The maximum Gasteiger partial charge on any atom is 0.257 e. The van der Waals surface area contributed by atoms with Crippen LogP contribution in [0.1, 0.15) is 25.0 Å². The van der Waals surface area contributed by atoms with Crippen molar-refractivity contribution in [2.75, 3.05) is 10.6 Å². The predicted molar refractivity (Wildman–Crippen MR) is 102 cm³/mol. The molecule has 0 aromatic heterocycles. The minimum atomic E-state index is -0.0787. The molecular weight excluding hydrogens is 318 g/mol. The number of hydrogen-bond donors (Lipinski definition) is 3. The van der Waals surface area contributed by atoms with Crippen LogP contribution >= 0.6 is 11.9 Å². The lowest BCUT2D eigenvalue weighted by atomic mass is 10.1. The Hall–Kier alpha value is -2.24. The van der Waals surface area contributed by atoms with E-state index in [-0.39, 0.29) is 5.91 Å². The second kappa shape index (κ2) is 7.11. The summed E-state index contributed by atoms with van der Waals surface area (Å²) in [4.78, 5) is 13.4. The molecule has 1 amide bonds. The van der Waals surface area contributed by atoms with Gasteiger partial charge in [-0.3, -0.25) is 9.52 Å². The fourth-order valence-electron chi connectivity index (χ4n) is 2.44. The largest absolute Gasteiger partial charge is 0.361 e. The third kappa shape index (κ3) is 3.63. The summed E-state index contributed by atoms with van der Waals surface area (Å²) in [5.41, 5.74) is 4.57. The van der Waals surface area contributed by atoms with Crippen LogP contribution in [0.3, 0.4) is 0 Å². The molecule has 1 aliphatic rings. The molecule has 0 atom stereocenters. The normalized spacial score (nSPS) is 14.8. The first-order chi connectivity index (χ1) is 11.5. The summed E-state index contributed by atoms with van der Waals surface area (Å²) in [5.74, 6) is -0.0787. The summed E-state index contributed by atoms with van der Waals surface area (Å²) in [5, 5.41) is 6.16. The maximum absolute atomic E-state index is 12.3. The zero-order chi connectivity index (χ0) is 17.1. The van der Waals surface area contributed by atoms with Crippen molar-refractivity contribution in [3.8, 4) is 0 Å². The zero-order valence-corrected chi connectivity index (χ0v) is 14.8. The maximum atomic E-state index is 12.3. The summed E-state index contributed by atoms with van der Waals surface area (Å²) in [6.07, 6.45) is 1.79. The number of aryl methyl sites for hydroxylation is 1. The van der Waals surface area contributed by atoms with Gasteiger partial charge in [-0.05, 0) is 62.5 Å². The third-order valence-corrected chi connectivity index (χ3v) is 4.78. The van der Waals surface area contributed by atoms with Gasteiger partial charge in [0.1, 0.15) is 0 Å². The first kappa shape index (κ1) is 16.6. The van der Waals surface area contributed by atoms with Gasteiger partial charge in [0.05, 0.1) is 5.57 Å². The number of rotatable bonds is 5. The molecule has 2 aromatic carbocycles. The summed E-state index contributed by atoms with van der Waals surface area (Å²) in [6, 6.07) is 14.4. The van der Waals surface area contributed by atoms with Crippen molar-refractivity contribution in [3.05, 3.63) is 59.8 Å². The Morgan fingerprint density at radius 2 is 1.96 bits per heavy atom. The highest BCUT2D eigenvalue weighted by atomic mass is 32.2. The average molecular weight is 339 g/mol. The van der Waals surface area contributed by atoms with Crippen LogP contribution in [0.2, 0.25) is 0 Å². The van der Waals surface area contributed by atoms with Crippen LogP contribution in [0.4, 0.5) is 11.4 Å². The van der Waals surface area contributed by atoms with Gasteiger partial charge in [0, 0.05) is 34.1 Å². The number of para-hydroxylation sites is 1. The van der Waals surface area contributed by atoms with Crippen molar-refractivity contribution in [2.45, 2.75) is 31.7 Å². The first-order valence-corrected chi connectivity index (χ1v) is 8.76. The fourth-order valence-corrected chi connectivity index (χ4v) is 3.13. The number of carbonyl (C=O) groups is 1. The SMILES string of the molecule is Cc1ccccc1N/C=C1\C(=O)Nc2ccc(SNC(C)C)cc21. The molecule has 0 aliphatic carbocycles. The van der Waals surface area contributed by atoms with Gasteiger partial charge in [-0.1, -0.05) is 18.2 Å². The predicted octanol–water partition coefficient (Wildman–Crippen LogP) is 4.41. The topological polar surface area (TPSA) is 53.2 Å². The van der Waals surface area contributed by atoms with Crippen molar-refractivity contribution in [1.29, 1.82) is 0 Å². The van der Waals surface area contributed by atoms with E-state index in [1.54, 1.807) is 18.1 Å². The summed E-state index contributed by atoms with van der Waals surface area (Å²) in [6.45, 7) is 6.24. The number of amides is 1. The minimum absolute atomic E-state index is 0.0787. The van der Waals surface area contributed by atoms with E-state index in [2.05, 4.69) is 29.2 Å². The number of benzene rings is 2. The quantitative estimate of drug-likeness (QED) is 0.558. The molecule has 1 heterocycles. The summed E-state index contributed by atoms with van der Waals surface area (Å²) < 4.78 is 3.32. The molecule has 4 nitrogen and oxygen atoms in total. The number of fused-ring (bicyclic) bond motifs is 1. The van der Waals surface area contributed by atoms with Crippen molar-refractivity contribution in [2.24, 2.45) is 0 Å². The Labute approximate surface area is 146 Å². The van der Waals surface area contributed by atoms with Crippen LogP contribution in [0.5, 0.6) is 0 Å². The molecule has 0 saturated carbocycles. The van der Waals surface area contributed by atoms with Crippen molar-refractivity contribution < 1.29 is 4.79 Å². The minimum Gasteiger partial charge on any atom is -0.361 e. The molecule has 0 spiro atoms. The van der Waals surface area contributed by atoms with E-state index in [1.165, 1.54) is 0 Å². The van der Waals surface area contributed by atoms with E-state index in [9.17, 15) is 4.79 Å². The molecule has 0 saturated heterocycles. The van der Waals surface area contributed by atoms with Gasteiger partial charge in [0.2, 0.25) is 0 Å². The molecule has 0 unspecified atom stereocenters. The lowest BCUT2D eigenvalue weighted by molar-refractivity contribution is -0.110. The molecule has 0 bridgehead atoms. The molecule has 3 N–H and O–H groups in total. The number of nitrogens with one attached hydrogen (secondary N) is 3. The lowest BCUT2D eigenvalue weighted by Gasteiger charge is -2.09. The molecular formula is C19H21N3OS. The zero-order valence-electron chi connectivity index (χ0n) is 14.0. The van der Waals surface area contributed by atoms with Crippen LogP contribution in [0.25, 0.3) is 5.57 Å². The van der Waals surface area contributed by atoms with Crippen molar-refractivity contribution >= 4 is 34.8 Å². The monoisotopic (exact) mass is 339 g/mol. The lowest BCUT2D eigenvalue weighted by Crippen LogP contribution is -2.13. The molecule has 0 fully saturated rings. The number of anilines is 2. The Morgan fingerprint density at radius 3 is 2.71 bits per heavy atom. The molecule has 124 valence electrons. The average Bonchev–Trinajstić information content (AvgIpc) is 2.87. The first-order valence-electron chi connectivity index (χ1n) is 7.95. The highest BCUT2D eigenvalue weighted by Gasteiger charge is 2.24. The summed E-state index contributed by atoms with van der Waals surface area (Å²) >= 11 is 1.58. The Bertz CT molecular complexity index is 799. The number of carbonyl (C=O) groups excluding carboxylic acids is 1. The Balaban J connectivity index is 1.85. The third-order valence-electron chi connectivity index (χ3n) is 3.70. The van der Waals surface area contributed by atoms with Gasteiger partial charge in [-0.15, -0.1) is 0 Å². The number of hydrogen-bond acceptors (Lipinski definition) is 4. The highest BCUT2D eigenvalue weighted by molar-refractivity contribution is 7.97. The second-order valence-corrected chi connectivity index (χ2v) is 6.96. The van der Waals surface area contributed by atoms with Crippen LogP contribution in [-0.4, -0.2) is 11.9 Å². The van der Waals surface area contributed by atoms with Gasteiger partial charge in [0.15, 0.2) is 0 Å². The van der Waals surface area contributed by atoms with E-state index in [0.717, 1.165) is 27.4 Å². The van der Waals surface area contributed by atoms with Crippen LogP contribution < -0.4 is 15.4 Å². The van der Waals surface area contributed by atoms with E-state index < -0.39 is 0 Å². The van der Waals surface area contributed by atoms with E-state index >= 15 is 0 Å². The van der Waals surface area contributed by atoms with Gasteiger partial charge in [-0.25, -0.2) is 0 Å². The highest BCUT2D eigenvalue weighted by Crippen LogP contribution is 2.34. The van der Waals surface area contributed by atoms with Crippen molar-refractivity contribution in [3.63, 3.8) is 0 Å².